The highest BCUT2D eigenvalue weighted by molar-refractivity contribution is 6.03. The molecule has 7 heteroatoms. The number of amides is 3. The highest BCUT2D eigenvalue weighted by Gasteiger charge is 2.73. The summed E-state index contributed by atoms with van der Waals surface area (Å²) < 4.78 is 6.54. The van der Waals surface area contributed by atoms with Gasteiger partial charge in [0.1, 0.15) is 11.6 Å². The molecule has 2 aromatic rings. The molecule has 0 aromatic heterocycles. The summed E-state index contributed by atoms with van der Waals surface area (Å²) in [6.45, 7) is 8.36. The van der Waals surface area contributed by atoms with E-state index in [2.05, 4.69) is 24.5 Å². The van der Waals surface area contributed by atoms with Crippen LogP contribution in [0, 0.1) is 30.6 Å². The molecule has 0 unspecified atom stereocenters. The molecule has 2 bridgehead atoms. The van der Waals surface area contributed by atoms with Crippen molar-refractivity contribution in [2.45, 2.75) is 76.8 Å². The largest absolute Gasteiger partial charge is 0.359 e. The minimum absolute atomic E-state index is 0.0404. The summed E-state index contributed by atoms with van der Waals surface area (Å²) in [7, 11) is 0. The quantitative estimate of drug-likeness (QED) is 0.515. The Morgan fingerprint density at radius 1 is 1.05 bits per heavy atom. The number of fused-ring (bicyclic) bond motifs is 1. The van der Waals surface area contributed by atoms with Crippen molar-refractivity contribution in [2.24, 2.45) is 23.7 Å². The molecule has 2 N–H and O–H groups in total. The number of carbonyl (C=O) groups excluding carboxylic acids is 3. The third-order valence-electron chi connectivity index (χ3n) is 9.88. The van der Waals surface area contributed by atoms with Crippen molar-refractivity contribution in [1.82, 2.24) is 10.2 Å². The van der Waals surface area contributed by atoms with Crippen LogP contribution in [0.2, 0.25) is 0 Å². The smallest absolute Gasteiger partial charge is 0.246 e. The second kappa shape index (κ2) is 10.2. The van der Waals surface area contributed by atoms with Crippen LogP contribution in [0.3, 0.4) is 0 Å². The van der Waals surface area contributed by atoms with E-state index in [-0.39, 0.29) is 29.8 Å². The van der Waals surface area contributed by atoms with Crippen molar-refractivity contribution in [1.29, 1.82) is 0 Å². The number of nitrogens with zero attached hydrogens (tertiary/aromatic N) is 1. The summed E-state index contributed by atoms with van der Waals surface area (Å²) in [5.41, 5.74) is 1.46. The van der Waals surface area contributed by atoms with Crippen LogP contribution in [-0.2, 0) is 19.1 Å². The third kappa shape index (κ3) is 4.26. The number of anilines is 1. The standard InChI is InChI=1S/C33H39N3O4/c1-19-10-8-14-24(18-19)34-30(37)27-26-16-17-33(40-26)28(27)32(39)36(22(4)23-12-6-5-7-13-23)29(33)31(38)35-25-15-9-11-20(2)21(25)3/h5-8,10,12-14,16-18,20-22,25-29H,9,11,15H2,1-4H3,(H,34,37)(H,35,38)/t20-,21+,22-,25-,26-,27+,28-,29-,33-/m1/s1. The minimum atomic E-state index is -1.19. The van der Waals surface area contributed by atoms with Gasteiger partial charge in [-0.2, -0.15) is 0 Å². The molecule has 1 aliphatic carbocycles. The lowest BCUT2D eigenvalue weighted by atomic mass is 9.73. The van der Waals surface area contributed by atoms with Crippen molar-refractivity contribution < 1.29 is 19.1 Å². The van der Waals surface area contributed by atoms with Crippen LogP contribution >= 0.6 is 0 Å². The van der Waals surface area contributed by atoms with Crippen LogP contribution in [0.15, 0.2) is 66.7 Å². The number of hydrogen-bond acceptors (Lipinski definition) is 4. The lowest BCUT2D eigenvalue weighted by Gasteiger charge is -2.39. The van der Waals surface area contributed by atoms with E-state index in [9.17, 15) is 14.4 Å². The van der Waals surface area contributed by atoms with Crippen LogP contribution < -0.4 is 10.6 Å². The number of benzene rings is 2. The molecule has 7 nitrogen and oxygen atoms in total. The minimum Gasteiger partial charge on any atom is -0.359 e. The third-order valence-corrected chi connectivity index (χ3v) is 9.88. The Bertz CT molecular complexity index is 1340. The number of rotatable bonds is 6. The van der Waals surface area contributed by atoms with E-state index in [1.54, 1.807) is 4.90 Å². The molecule has 3 amide bonds. The molecule has 40 heavy (non-hydrogen) atoms. The van der Waals surface area contributed by atoms with Crippen molar-refractivity contribution in [3.63, 3.8) is 0 Å². The van der Waals surface area contributed by atoms with Gasteiger partial charge in [0.2, 0.25) is 17.7 Å². The summed E-state index contributed by atoms with van der Waals surface area (Å²) in [6, 6.07) is 16.1. The maximum Gasteiger partial charge on any atom is 0.246 e. The van der Waals surface area contributed by atoms with Gasteiger partial charge < -0.3 is 20.3 Å². The summed E-state index contributed by atoms with van der Waals surface area (Å²) in [5.74, 6) is -1.32. The lowest BCUT2D eigenvalue weighted by molar-refractivity contribution is -0.144. The summed E-state index contributed by atoms with van der Waals surface area (Å²) in [6.07, 6.45) is 6.33. The molecule has 6 rings (SSSR count). The van der Waals surface area contributed by atoms with E-state index in [1.165, 1.54) is 0 Å². The maximum atomic E-state index is 14.4. The predicted molar refractivity (Wildman–Crippen MR) is 153 cm³/mol. The zero-order chi connectivity index (χ0) is 28.2. The molecule has 1 spiro atoms. The first-order valence-corrected chi connectivity index (χ1v) is 14.6. The van der Waals surface area contributed by atoms with Gasteiger partial charge in [0.25, 0.3) is 0 Å². The molecule has 3 aliphatic heterocycles. The Hall–Kier alpha value is -3.45. The van der Waals surface area contributed by atoms with Gasteiger partial charge in [0.05, 0.1) is 24.0 Å². The van der Waals surface area contributed by atoms with E-state index in [4.69, 9.17) is 4.74 Å². The zero-order valence-corrected chi connectivity index (χ0v) is 23.7. The summed E-state index contributed by atoms with van der Waals surface area (Å²) >= 11 is 0. The Morgan fingerprint density at radius 2 is 1.82 bits per heavy atom. The topological polar surface area (TPSA) is 87.7 Å². The van der Waals surface area contributed by atoms with Gasteiger partial charge in [-0.15, -0.1) is 0 Å². The molecular weight excluding hydrogens is 502 g/mol. The number of nitrogens with one attached hydrogen (secondary N) is 2. The molecule has 2 aromatic carbocycles. The van der Waals surface area contributed by atoms with Crippen LogP contribution in [0.5, 0.6) is 0 Å². The Labute approximate surface area is 236 Å². The monoisotopic (exact) mass is 541 g/mol. The Morgan fingerprint density at radius 3 is 2.58 bits per heavy atom. The van der Waals surface area contributed by atoms with E-state index in [0.717, 1.165) is 30.4 Å². The predicted octanol–water partition coefficient (Wildman–Crippen LogP) is 4.79. The van der Waals surface area contributed by atoms with E-state index in [0.29, 0.717) is 17.5 Å². The molecule has 3 fully saturated rings. The van der Waals surface area contributed by atoms with Crippen LogP contribution in [0.1, 0.15) is 57.2 Å². The number of ether oxygens (including phenoxy) is 1. The summed E-state index contributed by atoms with van der Waals surface area (Å²) in [5, 5.41) is 6.34. The van der Waals surface area contributed by atoms with E-state index in [1.807, 2.05) is 80.6 Å². The second-order valence-corrected chi connectivity index (χ2v) is 12.3. The Balaban J connectivity index is 1.35. The van der Waals surface area contributed by atoms with Gasteiger partial charge in [0.15, 0.2) is 0 Å². The molecule has 2 saturated heterocycles. The zero-order valence-electron chi connectivity index (χ0n) is 23.7. The molecule has 1 saturated carbocycles. The first-order chi connectivity index (χ1) is 19.2. The van der Waals surface area contributed by atoms with Gasteiger partial charge in [-0.1, -0.05) is 81.3 Å². The molecule has 4 aliphatic rings. The highest BCUT2D eigenvalue weighted by Crippen LogP contribution is 2.56. The normalized spacial score (nSPS) is 35.0. The van der Waals surface area contributed by atoms with Gasteiger partial charge >= 0.3 is 0 Å². The first kappa shape index (κ1) is 26.8. The molecule has 0 radical (unpaired) electrons. The van der Waals surface area contributed by atoms with Crippen LogP contribution in [0.25, 0.3) is 0 Å². The van der Waals surface area contributed by atoms with Crippen molar-refractivity contribution in [3.05, 3.63) is 77.9 Å². The van der Waals surface area contributed by atoms with Gasteiger partial charge in [-0.25, -0.2) is 0 Å². The van der Waals surface area contributed by atoms with Gasteiger partial charge in [-0.05, 0) is 55.4 Å². The maximum absolute atomic E-state index is 14.4. The fourth-order valence-corrected chi connectivity index (χ4v) is 7.51. The fourth-order valence-electron chi connectivity index (χ4n) is 7.51. The average Bonchev–Trinajstić information content (AvgIpc) is 3.58. The molecule has 9 atom stereocenters. The van der Waals surface area contributed by atoms with Crippen molar-refractivity contribution >= 4 is 23.4 Å². The Kier molecular flexibility index (Phi) is 6.81. The molecular formula is C33H39N3O4. The molecule has 210 valence electrons. The van der Waals surface area contributed by atoms with Crippen LogP contribution in [-0.4, -0.2) is 46.4 Å². The lowest BCUT2D eigenvalue weighted by Crippen LogP contribution is -2.58. The number of carbonyl (C=O) groups is 3. The second-order valence-electron chi connectivity index (χ2n) is 12.3. The SMILES string of the molecule is Cc1cccc(NC(=O)[C@H]2[C@H]3C=C[C@@]4(O3)[C@H]2C(=O)N([C@H](C)c2ccccc2)[C@@H]4C(=O)N[C@@H]2CCC[C@@H](C)[C@@H]2C)c1. The average molecular weight is 542 g/mol. The van der Waals surface area contributed by atoms with E-state index >= 15 is 0 Å². The number of aryl methyl sites for hydroxylation is 1. The highest BCUT2D eigenvalue weighted by atomic mass is 16.5. The van der Waals surface area contributed by atoms with Crippen molar-refractivity contribution in [3.8, 4) is 0 Å². The van der Waals surface area contributed by atoms with E-state index < -0.39 is 29.6 Å². The van der Waals surface area contributed by atoms with Gasteiger partial charge in [0, 0.05) is 11.7 Å². The summed E-state index contributed by atoms with van der Waals surface area (Å²) in [4.78, 5) is 44.1. The molecule has 3 heterocycles. The number of likely N-dealkylation sites (tertiary alicyclic amines) is 1. The fraction of sp³-hybridized carbons (Fsp3) is 0.485. The van der Waals surface area contributed by atoms with Crippen molar-refractivity contribution in [2.75, 3.05) is 5.32 Å². The number of hydrogen-bond donors (Lipinski definition) is 2. The van der Waals surface area contributed by atoms with Gasteiger partial charge in [-0.3, -0.25) is 14.4 Å². The first-order valence-electron chi connectivity index (χ1n) is 14.6. The van der Waals surface area contributed by atoms with Crippen LogP contribution in [0.4, 0.5) is 5.69 Å².